The molecule has 1 heterocycles. The van der Waals surface area contributed by atoms with Crippen molar-refractivity contribution in [2.45, 2.75) is 32.0 Å². The first kappa shape index (κ1) is 14.2. The molecule has 0 atom stereocenters. The lowest BCUT2D eigenvalue weighted by atomic mass is 10.0. The number of benzene rings is 1. The Labute approximate surface area is 111 Å². The molecule has 0 radical (unpaired) electrons. The van der Waals surface area contributed by atoms with Crippen LogP contribution >= 0.6 is 0 Å². The zero-order valence-electron chi connectivity index (χ0n) is 11.2. The second-order valence-electron chi connectivity index (χ2n) is 5.63. The summed E-state index contributed by atoms with van der Waals surface area (Å²) in [6.07, 6.45) is -3.35. The second-order valence-corrected chi connectivity index (χ2v) is 5.63. The molecule has 0 aromatic heterocycles. The lowest BCUT2D eigenvalue weighted by Crippen LogP contribution is -2.46. The molecular formula is C14H19F3N2. The number of anilines is 1. The molecule has 0 aliphatic carbocycles. The Kier molecular flexibility index (Phi) is 3.76. The van der Waals surface area contributed by atoms with Gasteiger partial charge in [0.05, 0.1) is 5.56 Å². The summed E-state index contributed by atoms with van der Waals surface area (Å²) in [6, 6.07) is 5.58. The highest BCUT2D eigenvalue weighted by Gasteiger charge is 2.31. The number of nitrogens with zero attached hydrogens (tertiary/aromatic N) is 1. The molecule has 0 unspecified atom stereocenters. The Morgan fingerprint density at radius 2 is 2.00 bits per heavy atom. The number of alkyl halides is 3. The van der Waals surface area contributed by atoms with Gasteiger partial charge in [-0.2, -0.15) is 13.2 Å². The first-order valence-electron chi connectivity index (χ1n) is 6.45. The molecule has 19 heavy (non-hydrogen) atoms. The fraction of sp³-hybridized carbons (Fsp3) is 0.571. The van der Waals surface area contributed by atoms with Crippen LogP contribution in [0.3, 0.4) is 0 Å². The number of rotatable bonds is 1. The lowest BCUT2D eigenvalue weighted by molar-refractivity contribution is -0.137. The van der Waals surface area contributed by atoms with Crippen LogP contribution in [0.25, 0.3) is 0 Å². The maximum Gasteiger partial charge on any atom is 0.416 e. The van der Waals surface area contributed by atoms with Crippen molar-refractivity contribution in [2.24, 2.45) is 0 Å². The third-order valence-electron chi connectivity index (χ3n) is 3.33. The van der Waals surface area contributed by atoms with Crippen molar-refractivity contribution in [1.29, 1.82) is 0 Å². The second kappa shape index (κ2) is 5.04. The molecule has 1 aromatic carbocycles. The van der Waals surface area contributed by atoms with Crippen LogP contribution in [0.2, 0.25) is 0 Å². The van der Waals surface area contributed by atoms with E-state index in [0.29, 0.717) is 12.2 Å². The maximum absolute atomic E-state index is 12.7. The Hall–Kier alpha value is -1.23. The van der Waals surface area contributed by atoms with Gasteiger partial charge < -0.3 is 10.2 Å². The highest BCUT2D eigenvalue weighted by Crippen LogP contribution is 2.32. The molecular weight excluding hydrogens is 253 g/mol. The highest BCUT2D eigenvalue weighted by atomic mass is 19.4. The Bertz CT molecular complexity index is 441. The highest BCUT2D eigenvalue weighted by molar-refractivity contribution is 5.49. The number of nitrogens with one attached hydrogen (secondary N) is 1. The van der Waals surface area contributed by atoms with Gasteiger partial charge in [-0.25, -0.2) is 0 Å². The molecule has 0 amide bonds. The summed E-state index contributed by atoms with van der Waals surface area (Å²) in [5, 5.41) is 3.40. The standard InChI is InChI=1S/C14H19F3N2/c1-13(2)10-19(8-4-7-18-13)12-6-3-5-11(9-12)14(15,16)17/h3,5-6,9,18H,4,7-8,10H2,1-2H3. The van der Waals surface area contributed by atoms with Gasteiger partial charge in [0, 0.05) is 24.3 Å². The predicted molar refractivity (Wildman–Crippen MR) is 70.4 cm³/mol. The van der Waals surface area contributed by atoms with Gasteiger partial charge in [0.25, 0.3) is 0 Å². The molecule has 0 spiro atoms. The first-order chi connectivity index (χ1) is 8.78. The van der Waals surface area contributed by atoms with Gasteiger partial charge >= 0.3 is 6.18 Å². The Balaban J connectivity index is 2.25. The van der Waals surface area contributed by atoms with Crippen molar-refractivity contribution in [3.63, 3.8) is 0 Å². The van der Waals surface area contributed by atoms with Crippen LogP contribution in [0.4, 0.5) is 18.9 Å². The molecule has 2 nitrogen and oxygen atoms in total. The fourth-order valence-electron chi connectivity index (χ4n) is 2.41. The third-order valence-corrected chi connectivity index (χ3v) is 3.33. The van der Waals surface area contributed by atoms with Crippen molar-refractivity contribution in [3.05, 3.63) is 29.8 Å². The van der Waals surface area contributed by atoms with Gasteiger partial charge in [-0.3, -0.25) is 0 Å². The summed E-state index contributed by atoms with van der Waals surface area (Å²) in [4.78, 5) is 2.02. The fourth-order valence-corrected chi connectivity index (χ4v) is 2.41. The zero-order valence-corrected chi connectivity index (χ0v) is 11.2. The SMILES string of the molecule is CC1(C)CN(c2cccc(C(F)(F)F)c2)CCCN1. The average molecular weight is 272 g/mol. The van der Waals surface area contributed by atoms with Crippen molar-refractivity contribution in [3.8, 4) is 0 Å². The van der Waals surface area contributed by atoms with E-state index in [1.807, 2.05) is 4.90 Å². The van der Waals surface area contributed by atoms with Gasteiger partial charge in [0.2, 0.25) is 0 Å². The average Bonchev–Trinajstić information content (AvgIpc) is 2.49. The predicted octanol–water partition coefficient (Wildman–Crippen LogP) is 3.28. The number of hydrogen-bond donors (Lipinski definition) is 1. The van der Waals surface area contributed by atoms with Crippen molar-refractivity contribution in [1.82, 2.24) is 5.32 Å². The summed E-state index contributed by atoms with van der Waals surface area (Å²) in [5.41, 5.74) is -0.0308. The van der Waals surface area contributed by atoms with E-state index in [9.17, 15) is 13.2 Å². The van der Waals surface area contributed by atoms with Crippen LogP contribution in [0.15, 0.2) is 24.3 Å². The van der Waals surface area contributed by atoms with Crippen molar-refractivity contribution in [2.75, 3.05) is 24.5 Å². The summed E-state index contributed by atoms with van der Waals surface area (Å²) < 4.78 is 38.2. The molecule has 1 aromatic rings. The van der Waals surface area contributed by atoms with Crippen LogP contribution in [0.1, 0.15) is 25.8 Å². The van der Waals surface area contributed by atoms with E-state index >= 15 is 0 Å². The number of hydrogen-bond acceptors (Lipinski definition) is 2. The van der Waals surface area contributed by atoms with Crippen LogP contribution < -0.4 is 10.2 Å². The minimum atomic E-state index is -4.28. The summed E-state index contributed by atoms with van der Waals surface area (Å²) in [7, 11) is 0. The molecule has 5 heteroatoms. The summed E-state index contributed by atoms with van der Waals surface area (Å²) in [6.45, 7) is 6.51. The van der Waals surface area contributed by atoms with Crippen LogP contribution in [-0.2, 0) is 6.18 Å². The number of halogens is 3. The minimum Gasteiger partial charge on any atom is -0.370 e. The van der Waals surface area contributed by atoms with Crippen LogP contribution in [-0.4, -0.2) is 25.2 Å². The van der Waals surface area contributed by atoms with E-state index in [-0.39, 0.29) is 5.54 Å². The molecule has 0 bridgehead atoms. The molecule has 1 N–H and O–H groups in total. The molecule has 1 saturated heterocycles. The lowest BCUT2D eigenvalue weighted by Gasteiger charge is -2.31. The van der Waals surface area contributed by atoms with Gasteiger partial charge in [-0.1, -0.05) is 6.07 Å². The topological polar surface area (TPSA) is 15.3 Å². The smallest absolute Gasteiger partial charge is 0.370 e. The monoisotopic (exact) mass is 272 g/mol. The van der Waals surface area contributed by atoms with Gasteiger partial charge in [0.1, 0.15) is 0 Å². The van der Waals surface area contributed by atoms with E-state index < -0.39 is 11.7 Å². The normalized spacial score (nSPS) is 20.2. The molecule has 106 valence electrons. The quantitative estimate of drug-likeness (QED) is 0.844. The summed E-state index contributed by atoms with van der Waals surface area (Å²) >= 11 is 0. The van der Waals surface area contributed by atoms with Gasteiger partial charge in [0.15, 0.2) is 0 Å². The largest absolute Gasteiger partial charge is 0.416 e. The molecule has 1 fully saturated rings. The maximum atomic E-state index is 12.7. The van der Waals surface area contributed by atoms with Gasteiger partial charge in [-0.05, 0) is 45.0 Å². The minimum absolute atomic E-state index is 0.0925. The van der Waals surface area contributed by atoms with E-state index in [0.717, 1.165) is 25.6 Å². The molecule has 1 aliphatic rings. The molecule has 0 saturated carbocycles. The Morgan fingerprint density at radius 3 is 2.68 bits per heavy atom. The van der Waals surface area contributed by atoms with E-state index in [4.69, 9.17) is 0 Å². The Morgan fingerprint density at radius 1 is 1.26 bits per heavy atom. The third kappa shape index (κ3) is 3.62. The van der Waals surface area contributed by atoms with Crippen molar-refractivity contribution < 1.29 is 13.2 Å². The van der Waals surface area contributed by atoms with Crippen molar-refractivity contribution >= 4 is 5.69 Å². The molecule has 2 rings (SSSR count). The van der Waals surface area contributed by atoms with E-state index in [2.05, 4.69) is 19.2 Å². The van der Waals surface area contributed by atoms with E-state index in [1.165, 1.54) is 12.1 Å². The first-order valence-corrected chi connectivity index (χ1v) is 6.45. The van der Waals surface area contributed by atoms with Gasteiger partial charge in [-0.15, -0.1) is 0 Å². The molecule has 1 aliphatic heterocycles. The van der Waals surface area contributed by atoms with Crippen LogP contribution in [0, 0.1) is 0 Å². The summed E-state index contributed by atoms with van der Waals surface area (Å²) in [5.74, 6) is 0. The zero-order chi connectivity index (χ0) is 14.1. The van der Waals surface area contributed by atoms with Crippen LogP contribution in [0.5, 0.6) is 0 Å². The van der Waals surface area contributed by atoms with E-state index in [1.54, 1.807) is 6.07 Å².